The zero-order valence-corrected chi connectivity index (χ0v) is 14.8. The highest BCUT2D eigenvalue weighted by Gasteiger charge is 2.35. The van der Waals surface area contributed by atoms with Crippen molar-refractivity contribution in [2.24, 2.45) is 11.3 Å². The number of nitrogens with zero attached hydrogens (tertiary/aromatic N) is 2. The summed E-state index contributed by atoms with van der Waals surface area (Å²) in [6.45, 7) is 7.04. The number of hydrogen-bond donors (Lipinski definition) is 2. The van der Waals surface area contributed by atoms with Crippen LogP contribution in [0.2, 0.25) is 0 Å². The van der Waals surface area contributed by atoms with Crippen LogP contribution in [0.3, 0.4) is 0 Å². The molecule has 2 N–H and O–H groups in total. The summed E-state index contributed by atoms with van der Waals surface area (Å²) in [7, 11) is 0. The molecule has 0 unspecified atom stereocenters. The van der Waals surface area contributed by atoms with Crippen LogP contribution in [-0.2, 0) is 11.3 Å². The molecule has 2 aliphatic rings. The van der Waals surface area contributed by atoms with Crippen LogP contribution < -0.4 is 5.32 Å². The van der Waals surface area contributed by atoms with Crippen LogP contribution in [-0.4, -0.2) is 47.2 Å². The average Bonchev–Trinajstić information content (AvgIpc) is 3.34. The fourth-order valence-electron chi connectivity index (χ4n) is 3.41. The number of aliphatic hydroxyl groups is 1. The second-order valence-electron chi connectivity index (χ2n) is 7.75. The number of ether oxygens (including phenoxy) is 1. The van der Waals surface area contributed by atoms with Crippen LogP contribution in [0.25, 0.3) is 0 Å². The van der Waals surface area contributed by atoms with Crippen molar-refractivity contribution in [3.63, 3.8) is 0 Å². The minimum Gasteiger partial charge on any atom is -0.396 e. The predicted octanol–water partition coefficient (Wildman–Crippen LogP) is 1.94. The molecular weight excluding hydrogens is 306 g/mol. The van der Waals surface area contributed by atoms with Crippen molar-refractivity contribution in [2.75, 3.05) is 26.4 Å². The second-order valence-corrected chi connectivity index (χ2v) is 7.75. The quantitative estimate of drug-likeness (QED) is 0.798. The molecule has 2 fully saturated rings. The lowest BCUT2D eigenvalue weighted by atomic mass is 9.81. The molecule has 3 rings (SSSR count). The highest BCUT2D eigenvalue weighted by molar-refractivity contribution is 5.95. The smallest absolute Gasteiger partial charge is 0.254 e. The molecule has 1 aliphatic heterocycles. The van der Waals surface area contributed by atoms with Gasteiger partial charge in [-0.1, -0.05) is 13.8 Å². The van der Waals surface area contributed by atoms with E-state index in [0.717, 1.165) is 37.9 Å². The Hall–Kier alpha value is -1.40. The zero-order valence-electron chi connectivity index (χ0n) is 14.8. The van der Waals surface area contributed by atoms with Gasteiger partial charge in [-0.05, 0) is 31.6 Å². The van der Waals surface area contributed by atoms with Crippen molar-refractivity contribution in [1.29, 1.82) is 0 Å². The minimum absolute atomic E-state index is 0.0637. The first-order valence-corrected chi connectivity index (χ1v) is 9.07. The third kappa shape index (κ3) is 3.81. The molecule has 1 saturated heterocycles. The van der Waals surface area contributed by atoms with Gasteiger partial charge in [0.15, 0.2) is 0 Å². The van der Waals surface area contributed by atoms with Gasteiger partial charge in [0.05, 0.1) is 24.1 Å². The summed E-state index contributed by atoms with van der Waals surface area (Å²) in [6.07, 6.45) is 5.56. The molecule has 6 nitrogen and oxygen atoms in total. The topological polar surface area (TPSA) is 76.4 Å². The van der Waals surface area contributed by atoms with E-state index in [9.17, 15) is 9.90 Å². The van der Waals surface area contributed by atoms with Gasteiger partial charge in [0.25, 0.3) is 5.91 Å². The lowest BCUT2D eigenvalue weighted by molar-refractivity contribution is -0.0146. The van der Waals surface area contributed by atoms with Crippen LogP contribution in [0, 0.1) is 11.3 Å². The standard InChI is InChI=1S/C18H29N3O3/c1-13(2)10-21-16(14-3-4-14)15(9-20-21)17(23)19-11-18(12-22)5-7-24-8-6-18/h9,13-14,22H,3-8,10-12H2,1-2H3,(H,19,23). The first kappa shape index (κ1) is 17.4. The molecule has 0 aromatic carbocycles. The molecule has 24 heavy (non-hydrogen) atoms. The van der Waals surface area contributed by atoms with Gasteiger partial charge in [0.1, 0.15) is 0 Å². The van der Waals surface area contributed by atoms with E-state index in [0.29, 0.717) is 37.2 Å². The molecule has 0 atom stereocenters. The minimum atomic E-state index is -0.248. The molecule has 0 bridgehead atoms. The van der Waals surface area contributed by atoms with E-state index >= 15 is 0 Å². The van der Waals surface area contributed by atoms with Crippen molar-refractivity contribution >= 4 is 5.91 Å². The van der Waals surface area contributed by atoms with Gasteiger partial charge >= 0.3 is 0 Å². The van der Waals surface area contributed by atoms with E-state index in [1.165, 1.54) is 0 Å². The summed E-state index contributed by atoms with van der Waals surface area (Å²) in [4.78, 5) is 12.7. The number of aliphatic hydroxyl groups excluding tert-OH is 1. The third-order valence-electron chi connectivity index (χ3n) is 5.14. The molecule has 134 valence electrons. The summed E-state index contributed by atoms with van der Waals surface area (Å²) >= 11 is 0. The maximum Gasteiger partial charge on any atom is 0.254 e. The fraction of sp³-hybridized carbons (Fsp3) is 0.778. The van der Waals surface area contributed by atoms with Gasteiger partial charge < -0.3 is 15.2 Å². The molecular formula is C18H29N3O3. The molecule has 1 aliphatic carbocycles. The predicted molar refractivity (Wildman–Crippen MR) is 90.9 cm³/mol. The lowest BCUT2D eigenvalue weighted by Gasteiger charge is -2.35. The maximum absolute atomic E-state index is 12.7. The van der Waals surface area contributed by atoms with Crippen molar-refractivity contribution in [3.8, 4) is 0 Å². The summed E-state index contributed by atoms with van der Waals surface area (Å²) in [6, 6.07) is 0. The monoisotopic (exact) mass is 335 g/mol. The second kappa shape index (κ2) is 7.23. The van der Waals surface area contributed by atoms with Gasteiger partial charge in [-0.2, -0.15) is 5.10 Å². The summed E-state index contributed by atoms with van der Waals surface area (Å²) < 4.78 is 7.39. The largest absolute Gasteiger partial charge is 0.396 e. The Morgan fingerprint density at radius 3 is 2.75 bits per heavy atom. The molecule has 1 aromatic rings. The van der Waals surface area contributed by atoms with Gasteiger partial charge in [-0.3, -0.25) is 9.48 Å². The van der Waals surface area contributed by atoms with Gasteiger partial charge in [0, 0.05) is 37.6 Å². The van der Waals surface area contributed by atoms with E-state index in [1.807, 2.05) is 4.68 Å². The maximum atomic E-state index is 12.7. The van der Waals surface area contributed by atoms with E-state index in [1.54, 1.807) is 6.20 Å². The summed E-state index contributed by atoms with van der Waals surface area (Å²) in [5.41, 5.74) is 1.55. The first-order valence-electron chi connectivity index (χ1n) is 9.07. The SMILES string of the molecule is CC(C)Cn1ncc(C(=O)NCC2(CO)CCOCC2)c1C1CC1. The Labute approximate surface area is 143 Å². The van der Waals surface area contributed by atoms with Crippen molar-refractivity contribution in [2.45, 2.75) is 52.0 Å². The van der Waals surface area contributed by atoms with Gasteiger partial charge in [-0.25, -0.2) is 0 Å². The Morgan fingerprint density at radius 2 is 2.17 bits per heavy atom. The van der Waals surface area contributed by atoms with Crippen LogP contribution in [0.5, 0.6) is 0 Å². The Kier molecular flexibility index (Phi) is 5.25. The molecule has 1 saturated carbocycles. The number of hydrogen-bond acceptors (Lipinski definition) is 4. The van der Waals surface area contributed by atoms with Gasteiger partial charge in [-0.15, -0.1) is 0 Å². The summed E-state index contributed by atoms with van der Waals surface area (Å²) in [5.74, 6) is 0.909. The Balaban J connectivity index is 1.69. The molecule has 0 spiro atoms. The normalized spacial score (nSPS) is 20.3. The van der Waals surface area contributed by atoms with E-state index in [-0.39, 0.29) is 17.9 Å². The number of aromatic nitrogens is 2. The fourth-order valence-corrected chi connectivity index (χ4v) is 3.41. The van der Waals surface area contributed by atoms with Crippen LogP contribution in [0.1, 0.15) is 61.5 Å². The first-order chi connectivity index (χ1) is 11.5. The number of amides is 1. The van der Waals surface area contributed by atoms with Crippen LogP contribution >= 0.6 is 0 Å². The van der Waals surface area contributed by atoms with Crippen molar-refractivity contribution < 1.29 is 14.6 Å². The average molecular weight is 335 g/mol. The lowest BCUT2D eigenvalue weighted by Crippen LogP contribution is -2.43. The molecule has 1 amide bonds. The number of carbonyl (C=O) groups excluding carboxylic acids is 1. The number of carbonyl (C=O) groups is 1. The number of nitrogens with one attached hydrogen (secondary N) is 1. The Bertz CT molecular complexity index is 572. The molecule has 6 heteroatoms. The van der Waals surface area contributed by atoms with E-state index in [4.69, 9.17) is 4.74 Å². The van der Waals surface area contributed by atoms with Crippen LogP contribution in [0.4, 0.5) is 0 Å². The van der Waals surface area contributed by atoms with E-state index < -0.39 is 0 Å². The molecule has 1 aromatic heterocycles. The third-order valence-corrected chi connectivity index (χ3v) is 5.14. The van der Waals surface area contributed by atoms with Gasteiger partial charge in [0.2, 0.25) is 0 Å². The molecule has 2 heterocycles. The summed E-state index contributed by atoms with van der Waals surface area (Å²) in [5, 5.41) is 17.3. The van der Waals surface area contributed by atoms with Crippen molar-refractivity contribution in [1.82, 2.24) is 15.1 Å². The van der Waals surface area contributed by atoms with Crippen LogP contribution in [0.15, 0.2) is 6.20 Å². The van der Waals surface area contributed by atoms with Crippen molar-refractivity contribution in [3.05, 3.63) is 17.5 Å². The Morgan fingerprint density at radius 1 is 1.46 bits per heavy atom. The highest BCUT2D eigenvalue weighted by Crippen LogP contribution is 2.42. The number of rotatable bonds is 7. The zero-order chi connectivity index (χ0) is 17.2. The van der Waals surface area contributed by atoms with E-state index in [2.05, 4.69) is 24.3 Å². The highest BCUT2D eigenvalue weighted by atomic mass is 16.5. The molecule has 0 radical (unpaired) electrons.